The molecular weight excluding hydrogens is 396 g/mol. The Balaban J connectivity index is 1.74. The number of phenols is 1. The molecule has 2 unspecified atom stereocenters. The molecule has 2 atom stereocenters. The SMILES string of the molecule is CCOc1cccc(C2CC(c3ccc(Cl)cc3)=NC(c3ccc(C)cc3)N2)c1O. The Bertz CT molecular complexity index is 1050. The molecule has 5 heteroatoms. The number of rotatable bonds is 5. The van der Waals surface area contributed by atoms with E-state index in [0.717, 1.165) is 22.4 Å². The highest BCUT2D eigenvalue weighted by molar-refractivity contribution is 6.30. The molecule has 0 radical (unpaired) electrons. The first-order valence-corrected chi connectivity index (χ1v) is 10.5. The van der Waals surface area contributed by atoms with Gasteiger partial charge in [0.2, 0.25) is 0 Å². The highest BCUT2D eigenvalue weighted by Gasteiger charge is 2.28. The molecule has 0 saturated heterocycles. The normalized spacial score (nSPS) is 18.7. The quantitative estimate of drug-likeness (QED) is 0.534. The molecule has 1 aliphatic rings. The van der Waals surface area contributed by atoms with Crippen LogP contribution in [-0.4, -0.2) is 17.4 Å². The third-order valence-corrected chi connectivity index (χ3v) is 5.57. The molecule has 0 spiro atoms. The number of hydrogen-bond acceptors (Lipinski definition) is 4. The zero-order valence-corrected chi connectivity index (χ0v) is 17.9. The molecule has 0 amide bonds. The van der Waals surface area contributed by atoms with Crippen LogP contribution in [0.25, 0.3) is 0 Å². The number of benzene rings is 3. The first-order valence-electron chi connectivity index (χ1n) is 10.1. The summed E-state index contributed by atoms with van der Waals surface area (Å²) in [4.78, 5) is 5.00. The topological polar surface area (TPSA) is 53.8 Å². The number of nitrogens with one attached hydrogen (secondary N) is 1. The van der Waals surface area contributed by atoms with Gasteiger partial charge < -0.3 is 9.84 Å². The van der Waals surface area contributed by atoms with Gasteiger partial charge in [-0.15, -0.1) is 0 Å². The van der Waals surface area contributed by atoms with Crippen LogP contribution >= 0.6 is 11.6 Å². The Morgan fingerprint density at radius 2 is 1.80 bits per heavy atom. The number of halogens is 1. The van der Waals surface area contributed by atoms with Gasteiger partial charge in [-0.2, -0.15) is 0 Å². The molecule has 0 saturated carbocycles. The van der Waals surface area contributed by atoms with E-state index in [-0.39, 0.29) is 18.0 Å². The number of aliphatic imine (C=N–C) groups is 1. The molecule has 3 aromatic rings. The summed E-state index contributed by atoms with van der Waals surface area (Å²) in [6.45, 7) is 4.48. The highest BCUT2D eigenvalue weighted by Crippen LogP contribution is 2.39. The Morgan fingerprint density at radius 1 is 1.07 bits per heavy atom. The van der Waals surface area contributed by atoms with Gasteiger partial charge in [-0.3, -0.25) is 10.3 Å². The fourth-order valence-corrected chi connectivity index (χ4v) is 3.86. The zero-order valence-electron chi connectivity index (χ0n) is 17.1. The number of nitrogens with zero attached hydrogens (tertiary/aromatic N) is 1. The van der Waals surface area contributed by atoms with Gasteiger partial charge in [0.25, 0.3) is 0 Å². The van der Waals surface area contributed by atoms with Crippen LogP contribution in [0.4, 0.5) is 0 Å². The van der Waals surface area contributed by atoms with Gasteiger partial charge in [0.15, 0.2) is 11.5 Å². The molecule has 0 fully saturated rings. The molecule has 0 aliphatic carbocycles. The van der Waals surface area contributed by atoms with E-state index in [1.807, 2.05) is 43.3 Å². The second-order valence-electron chi connectivity index (χ2n) is 7.45. The minimum Gasteiger partial charge on any atom is -0.504 e. The van der Waals surface area contributed by atoms with Gasteiger partial charge in [0.05, 0.1) is 6.61 Å². The minimum atomic E-state index is -0.217. The van der Waals surface area contributed by atoms with Crippen molar-refractivity contribution in [3.8, 4) is 11.5 Å². The number of aryl methyl sites for hydroxylation is 1. The van der Waals surface area contributed by atoms with Crippen LogP contribution in [0.3, 0.4) is 0 Å². The fourth-order valence-electron chi connectivity index (χ4n) is 3.74. The maximum atomic E-state index is 10.8. The average molecular weight is 421 g/mol. The molecule has 30 heavy (non-hydrogen) atoms. The molecule has 0 bridgehead atoms. The Hall–Kier alpha value is -2.82. The van der Waals surface area contributed by atoms with Crippen LogP contribution in [0.5, 0.6) is 11.5 Å². The van der Waals surface area contributed by atoms with E-state index in [1.54, 1.807) is 6.07 Å². The third kappa shape index (κ3) is 4.35. The van der Waals surface area contributed by atoms with E-state index in [4.69, 9.17) is 21.3 Å². The number of para-hydroxylation sites is 1. The average Bonchev–Trinajstić information content (AvgIpc) is 2.76. The Kier molecular flexibility index (Phi) is 6.07. The maximum Gasteiger partial charge on any atom is 0.162 e. The van der Waals surface area contributed by atoms with E-state index >= 15 is 0 Å². The van der Waals surface area contributed by atoms with E-state index in [9.17, 15) is 5.11 Å². The molecule has 0 aromatic heterocycles. The summed E-state index contributed by atoms with van der Waals surface area (Å²) >= 11 is 6.08. The molecule has 4 nitrogen and oxygen atoms in total. The largest absolute Gasteiger partial charge is 0.504 e. The van der Waals surface area contributed by atoms with Crippen LogP contribution in [0.2, 0.25) is 5.02 Å². The van der Waals surface area contributed by atoms with Crippen molar-refractivity contribution in [3.63, 3.8) is 0 Å². The summed E-state index contributed by atoms with van der Waals surface area (Å²) in [7, 11) is 0. The van der Waals surface area contributed by atoms with Crippen LogP contribution in [-0.2, 0) is 0 Å². The second-order valence-corrected chi connectivity index (χ2v) is 7.88. The van der Waals surface area contributed by atoms with Gasteiger partial charge >= 0.3 is 0 Å². The number of hydrogen-bond donors (Lipinski definition) is 2. The molecule has 1 heterocycles. The molecule has 3 aromatic carbocycles. The Labute approximate surface area is 182 Å². The lowest BCUT2D eigenvalue weighted by Gasteiger charge is -2.31. The summed E-state index contributed by atoms with van der Waals surface area (Å²) < 4.78 is 5.59. The van der Waals surface area contributed by atoms with Crippen LogP contribution in [0.15, 0.2) is 71.7 Å². The summed E-state index contributed by atoms with van der Waals surface area (Å²) in [5, 5.41) is 15.1. The zero-order chi connectivity index (χ0) is 21.1. The summed E-state index contributed by atoms with van der Waals surface area (Å²) in [6.07, 6.45) is 0.429. The summed E-state index contributed by atoms with van der Waals surface area (Å²) in [5.74, 6) is 0.677. The van der Waals surface area contributed by atoms with Crippen molar-refractivity contribution in [2.75, 3.05) is 6.61 Å². The van der Waals surface area contributed by atoms with Crippen molar-refractivity contribution in [2.45, 2.75) is 32.5 Å². The van der Waals surface area contributed by atoms with Crippen LogP contribution < -0.4 is 10.1 Å². The van der Waals surface area contributed by atoms with Crippen molar-refractivity contribution in [3.05, 3.63) is 94.0 Å². The highest BCUT2D eigenvalue weighted by atomic mass is 35.5. The fraction of sp³-hybridized carbons (Fsp3) is 0.240. The van der Waals surface area contributed by atoms with Crippen LogP contribution in [0.1, 0.15) is 47.8 Å². The molecule has 2 N–H and O–H groups in total. The van der Waals surface area contributed by atoms with E-state index in [0.29, 0.717) is 23.8 Å². The molecular formula is C25H25ClN2O2. The van der Waals surface area contributed by atoms with Gasteiger partial charge in [0, 0.05) is 28.8 Å². The summed E-state index contributed by atoms with van der Waals surface area (Å²) in [6, 6.07) is 21.6. The number of ether oxygens (including phenoxy) is 1. The van der Waals surface area contributed by atoms with E-state index in [1.165, 1.54) is 5.56 Å². The van der Waals surface area contributed by atoms with Crippen molar-refractivity contribution >= 4 is 17.3 Å². The van der Waals surface area contributed by atoms with E-state index in [2.05, 4.69) is 36.5 Å². The lowest BCUT2D eigenvalue weighted by atomic mass is 9.93. The molecule has 1 aliphatic heterocycles. The van der Waals surface area contributed by atoms with Crippen molar-refractivity contribution in [1.82, 2.24) is 5.32 Å². The number of aromatic hydroxyl groups is 1. The molecule has 4 rings (SSSR count). The van der Waals surface area contributed by atoms with Gasteiger partial charge in [-0.1, -0.05) is 65.7 Å². The van der Waals surface area contributed by atoms with Crippen molar-refractivity contribution in [1.29, 1.82) is 0 Å². The summed E-state index contributed by atoms with van der Waals surface area (Å²) in [5.41, 5.74) is 5.09. The smallest absolute Gasteiger partial charge is 0.162 e. The first kappa shape index (κ1) is 20.5. The standard InChI is InChI=1S/C25H25ClN2O2/c1-3-30-23-6-4-5-20(24(23)29)22-15-21(17-11-13-19(26)14-12-17)27-25(28-22)18-9-7-16(2)8-10-18/h4-14,22,25,28-29H,3,15H2,1-2H3. The second kappa shape index (κ2) is 8.90. The first-order chi connectivity index (χ1) is 14.5. The Morgan fingerprint density at radius 3 is 2.50 bits per heavy atom. The maximum absolute atomic E-state index is 10.8. The monoisotopic (exact) mass is 420 g/mol. The minimum absolute atomic E-state index is 0.111. The lowest BCUT2D eigenvalue weighted by molar-refractivity contribution is 0.313. The molecule has 154 valence electrons. The van der Waals surface area contributed by atoms with Gasteiger partial charge in [0.1, 0.15) is 6.17 Å². The van der Waals surface area contributed by atoms with Crippen LogP contribution in [0, 0.1) is 6.92 Å². The van der Waals surface area contributed by atoms with E-state index < -0.39 is 0 Å². The third-order valence-electron chi connectivity index (χ3n) is 5.32. The lowest BCUT2D eigenvalue weighted by Crippen LogP contribution is -2.33. The van der Waals surface area contributed by atoms with Gasteiger partial charge in [-0.05, 0) is 43.2 Å². The van der Waals surface area contributed by atoms with Crippen molar-refractivity contribution < 1.29 is 9.84 Å². The van der Waals surface area contributed by atoms with Crippen molar-refractivity contribution in [2.24, 2.45) is 4.99 Å². The van der Waals surface area contributed by atoms with Gasteiger partial charge in [-0.25, -0.2) is 0 Å². The predicted molar refractivity (Wildman–Crippen MR) is 122 cm³/mol. The number of phenolic OH excluding ortho intramolecular Hbond substituents is 1. The predicted octanol–water partition coefficient (Wildman–Crippen LogP) is 5.98.